The molecule has 140 valence electrons. The van der Waals surface area contributed by atoms with E-state index in [0.29, 0.717) is 5.69 Å². The van der Waals surface area contributed by atoms with Gasteiger partial charge in [-0.1, -0.05) is 55.1 Å². The SMILES string of the molecule is C=C(/C=N/NC(=O)c1cc(-c2ccc3ccccc3c2)n[nH]1)/C(O)=C\C=C/C. The van der Waals surface area contributed by atoms with Gasteiger partial charge in [0.15, 0.2) is 0 Å². The van der Waals surface area contributed by atoms with Gasteiger partial charge in [-0.2, -0.15) is 10.2 Å². The maximum absolute atomic E-state index is 12.2. The molecule has 3 rings (SSSR count). The van der Waals surface area contributed by atoms with Crippen molar-refractivity contribution in [2.75, 3.05) is 0 Å². The Morgan fingerprint density at radius 2 is 2.00 bits per heavy atom. The van der Waals surface area contributed by atoms with Crippen LogP contribution >= 0.6 is 0 Å². The van der Waals surface area contributed by atoms with Crippen LogP contribution in [0, 0.1) is 0 Å². The number of nitrogens with one attached hydrogen (secondary N) is 2. The third-order valence-electron chi connectivity index (χ3n) is 4.03. The van der Waals surface area contributed by atoms with Gasteiger partial charge >= 0.3 is 0 Å². The molecule has 0 unspecified atom stereocenters. The second-order valence-corrected chi connectivity index (χ2v) is 6.03. The smallest absolute Gasteiger partial charge is 0.289 e. The number of benzene rings is 2. The zero-order chi connectivity index (χ0) is 19.9. The number of allylic oxidation sites excluding steroid dienone is 4. The third-order valence-corrected chi connectivity index (χ3v) is 4.03. The number of amides is 1. The van der Waals surface area contributed by atoms with Crippen LogP contribution in [0.5, 0.6) is 0 Å². The Hall–Kier alpha value is -3.93. The molecule has 6 nitrogen and oxygen atoms in total. The first-order valence-electron chi connectivity index (χ1n) is 8.67. The lowest BCUT2D eigenvalue weighted by Crippen LogP contribution is -2.18. The molecule has 0 atom stereocenters. The van der Waals surface area contributed by atoms with E-state index in [0.717, 1.165) is 16.3 Å². The number of hydrogen-bond donors (Lipinski definition) is 3. The van der Waals surface area contributed by atoms with E-state index in [-0.39, 0.29) is 17.0 Å². The van der Waals surface area contributed by atoms with Crippen LogP contribution in [0.3, 0.4) is 0 Å². The highest BCUT2D eigenvalue weighted by Crippen LogP contribution is 2.23. The zero-order valence-corrected chi connectivity index (χ0v) is 15.4. The Balaban J connectivity index is 1.68. The van der Waals surface area contributed by atoms with Gasteiger partial charge < -0.3 is 5.11 Å². The van der Waals surface area contributed by atoms with E-state index in [1.165, 1.54) is 12.3 Å². The molecule has 0 fully saturated rings. The minimum absolute atomic E-state index is 0.0313. The van der Waals surface area contributed by atoms with E-state index in [1.54, 1.807) is 18.2 Å². The lowest BCUT2D eigenvalue weighted by atomic mass is 10.1. The number of hydrazone groups is 1. The van der Waals surface area contributed by atoms with Crippen molar-refractivity contribution in [2.24, 2.45) is 5.10 Å². The summed E-state index contributed by atoms with van der Waals surface area (Å²) in [6, 6.07) is 15.7. The molecule has 0 saturated carbocycles. The Labute approximate surface area is 162 Å². The maximum Gasteiger partial charge on any atom is 0.289 e. The molecule has 1 heterocycles. The summed E-state index contributed by atoms with van der Waals surface area (Å²) < 4.78 is 0. The molecule has 0 aliphatic carbocycles. The normalized spacial score (nSPS) is 12.1. The molecule has 28 heavy (non-hydrogen) atoms. The molecular formula is C22H20N4O2. The zero-order valence-electron chi connectivity index (χ0n) is 15.4. The highest BCUT2D eigenvalue weighted by molar-refractivity contribution is 5.95. The summed E-state index contributed by atoms with van der Waals surface area (Å²) in [6.07, 6.45) is 6.20. The molecule has 0 aliphatic heterocycles. The van der Waals surface area contributed by atoms with Crippen molar-refractivity contribution in [1.82, 2.24) is 15.6 Å². The number of H-pyrrole nitrogens is 1. The summed E-state index contributed by atoms with van der Waals surface area (Å²) in [5.41, 5.74) is 4.50. The first kappa shape index (κ1) is 18.8. The number of hydrogen-bond acceptors (Lipinski definition) is 4. The summed E-state index contributed by atoms with van der Waals surface area (Å²) in [5, 5.41) is 22.7. The Bertz CT molecular complexity index is 1110. The van der Waals surface area contributed by atoms with Gasteiger partial charge in [-0.3, -0.25) is 9.89 Å². The summed E-state index contributed by atoms with van der Waals surface area (Å²) in [4.78, 5) is 12.2. The molecule has 3 N–H and O–H groups in total. The van der Waals surface area contributed by atoms with Crippen molar-refractivity contribution in [3.63, 3.8) is 0 Å². The van der Waals surface area contributed by atoms with Crippen molar-refractivity contribution in [2.45, 2.75) is 6.92 Å². The molecule has 0 radical (unpaired) electrons. The topological polar surface area (TPSA) is 90.4 Å². The highest BCUT2D eigenvalue weighted by Gasteiger charge is 2.11. The second kappa shape index (κ2) is 8.64. The largest absolute Gasteiger partial charge is 0.507 e. The summed E-state index contributed by atoms with van der Waals surface area (Å²) in [6.45, 7) is 5.50. The lowest BCUT2D eigenvalue weighted by molar-refractivity contribution is 0.0950. The molecule has 1 amide bonds. The Morgan fingerprint density at radius 3 is 2.79 bits per heavy atom. The van der Waals surface area contributed by atoms with Crippen LogP contribution in [0.15, 0.2) is 89.8 Å². The van der Waals surface area contributed by atoms with Gasteiger partial charge in [-0.15, -0.1) is 0 Å². The van der Waals surface area contributed by atoms with Crippen LogP contribution in [0.2, 0.25) is 0 Å². The summed E-state index contributed by atoms with van der Waals surface area (Å²) >= 11 is 0. The fourth-order valence-electron chi connectivity index (χ4n) is 2.52. The van der Waals surface area contributed by atoms with Crippen molar-refractivity contribution in [3.8, 4) is 11.3 Å². The number of carbonyl (C=O) groups excluding carboxylic acids is 1. The van der Waals surface area contributed by atoms with Crippen LogP contribution in [0.1, 0.15) is 17.4 Å². The first-order chi connectivity index (χ1) is 13.6. The molecule has 6 heteroatoms. The Morgan fingerprint density at radius 1 is 1.21 bits per heavy atom. The van der Waals surface area contributed by atoms with Gasteiger partial charge in [0.2, 0.25) is 0 Å². The number of carbonyl (C=O) groups is 1. The number of nitrogens with zero attached hydrogens (tertiary/aromatic N) is 2. The minimum atomic E-state index is -0.444. The Kier molecular flexibility index (Phi) is 5.81. The van der Waals surface area contributed by atoms with Gasteiger partial charge in [-0.25, -0.2) is 5.43 Å². The average molecular weight is 372 g/mol. The predicted octanol–water partition coefficient (Wildman–Crippen LogP) is 4.52. The third kappa shape index (κ3) is 4.42. The molecular weight excluding hydrogens is 352 g/mol. The standard InChI is InChI=1S/C22H20N4O2/c1-3-4-9-21(27)15(2)14-23-26-22(28)20-13-19(24-25-20)18-11-10-16-7-5-6-8-17(16)12-18/h3-14,27H,2H2,1H3,(H,24,25)(H,26,28)/b4-3-,21-9+,23-14+. The van der Waals surface area contributed by atoms with Gasteiger partial charge in [-0.05, 0) is 35.9 Å². The van der Waals surface area contributed by atoms with Crippen molar-refractivity contribution in [3.05, 3.63) is 90.4 Å². The number of rotatable bonds is 6. The number of fused-ring (bicyclic) bond motifs is 1. The molecule has 3 aromatic rings. The first-order valence-corrected chi connectivity index (χ1v) is 8.67. The van der Waals surface area contributed by atoms with E-state index in [2.05, 4.69) is 27.3 Å². The van der Waals surface area contributed by atoms with E-state index < -0.39 is 5.91 Å². The minimum Gasteiger partial charge on any atom is -0.507 e. The highest BCUT2D eigenvalue weighted by atomic mass is 16.3. The average Bonchev–Trinajstić information content (AvgIpc) is 3.21. The van der Waals surface area contributed by atoms with E-state index in [9.17, 15) is 9.90 Å². The van der Waals surface area contributed by atoms with E-state index in [1.807, 2.05) is 49.4 Å². The monoisotopic (exact) mass is 372 g/mol. The number of aromatic amines is 1. The fourth-order valence-corrected chi connectivity index (χ4v) is 2.52. The van der Waals surface area contributed by atoms with Crippen LogP contribution < -0.4 is 5.43 Å². The fraction of sp³-hybridized carbons (Fsp3) is 0.0455. The molecule has 0 spiro atoms. The molecule has 0 saturated heterocycles. The number of aromatic nitrogens is 2. The molecule has 0 bridgehead atoms. The van der Waals surface area contributed by atoms with Gasteiger partial charge in [0.25, 0.3) is 5.91 Å². The predicted molar refractivity (Wildman–Crippen MR) is 112 cm³/mol. The lowest BCUT2D eigenvalue weighted by Gasteiger charge is -2.00. The van der Waals surface area contributed by atoms with Crippen LogP contribution in [-0.4, -0.2) is 27.4 Å². The quantitative estimate of drug-likeness (QED) is 0.257. The van der Waals surface area contributed by atoms with E-state index in [4.69, 9.17) is 0 Å². The molecule has 0 aliphatic rings. The summed E-state index contributed by atoms with van der Waals surface area (Å²) in [7, 11) is 0. The van der Waals surface area contributed by atoms with Gasteiger partial charge in [0, 0.05) is 11.1 Å². The second-order valence-electron chi connectivity index (χ2n) is 6.03. The number of aliphatic hydroxyl groups is 1. The van der Waals surface area contributed by atoms with Crippen molar-refractivity contribution in [1.29, 1.82) is 0 Å². The van der Waals surface area contributed by atoms with Crippen LogP contribution in [0.4, 0.5) is 0 Å². The van der Waals surface area contributed by atoms with Crippen LogP contribution in [-0.2, 0) is 0 Å². The maximum atomic E-state index is 12.2. The molecule has 2 aromatic carbocycles. The summed E-state index contributed by atoms with van der Waals surface area (Å²) in [5.74, 6) is -0.475. The van der Waals surface area contributed by atoms with Gasteiger partial charge in [0.05, 0.1) is 11.9 Å². The van der Waals surface area contributed by atoms with Crippen molar-refractivity contribution >= 4 is 22.9 Å². The van der Waals surface area contributed by atoms with E-state index >= 15 is 0 Å². The van der Waals surface area contributed by atoms with Crippen molar-refractivity contribution < 1.29 is 9.90 Å². The van der Waals surface area contributed by atoms with Crippen LogP contribution in [0.25, 0.3) is 22.0 Å². The number of aliphatic hydroxyl groups excluding tert-OH is 1. The molecule has 1 aromatic heterocycles. The van der Waals surface area contributed by atoms with Gasteiger partial charge in [0.1, 0.15) is 11.5 Å².